The second-order valence-corrected chi connectivity index (χ2v) is 3.72. The van der Waals surface area contributed by atoms with Crippen molar-refractivity contribution in [1.29, 1.82) is 0 Å². The largest absolute Gasteiger partial charge is 0.348 e. The first-order chi connectivity index (χ1) is 6.34. The number of aromatic nitrogens is 2. The van der Waals surface area contributed by atoms with Crippen molar-refractivity contribution in [3.05, 3.63) is 18.2 Å². The fourth-order valence-corrected chi connectivity index (χ4v) is 1.56. The number of hydrogen-bond acceptors (Lipinski definition) is 1. The standard InChI is InChI=1S/C11H20N2/c1-3-4-5-6-7-10(2)11-12-8-9-13-11/h8-10H,3-7H2,1-2H3,(H,12,13). The molecule has 1 atom stereocenters. The molecule has 1 rings (SSSR count). The van der Waals surface area contributed by atoms with Gasteiger partial charge in [-0.3, -0.25) is 0 Å². The fraction of sp³-hybridized carbons (Fsp3) is 0.727. The summed E-state index contributed by atoms with van der Waals surface area (Å²) >= 11 is 0. The monoisotopic (exact) mass is 180 g/mol. The van der Waals surface area contributed by atoms with Gasteiger partial charge in [-0.05, 0) is 6.42 Å². The van der Waals surface area contributed by atoms with E-state index in [4.69, 9.17) is 0 Å². The Hall–Kier alpha value is -0.790. The van der Waals surface area contributed by atoms with Crippen LogP contribution in [0.5, 0.6) is 0 Å². The Bertz CT molecular complexity index is 204. The van der Waals surface area contributed by atoms with Crippen LogP contribution < -0.4 is 0 Å². The van der Waals surface area contributed by atoms with Crippen LogP contribution >= 0.6 is 0 Å². The van der Waals surface area contributed by atoms with Crippen LogP contribution in [0.2, 0.25) is 0 Å². The van der Waals surface area contributed by atoms with E-state index in [0.29, 0.717) is 5.92 Å². The minimum absolute atomic E-state index is 0.590. The smallest absolute Gasteiger partial charge is 0.108 e. The molecule has 0 amide bonds. The molecule has 1 unspecified atom stereocenters. The first-order valence-corrected chi connectivity index (χ1v) is 5.34. The second kappa shape index (κ2) is 5.79. The molecule has 0 aliphatic carbocycles. The summed E-state index contributed by atoms with van der Waals surface area (Å²) in [7, 11) is 0. The Labute approximate surface area is 80.8 Å². The Morgan fingerprint density at radius 1 is 1.38 bits per heavy atom. The summed E-state index contributed by atoms with van der Waals surface area (Å²) < 4.78 is 0. The van der Waals surface area contributed by atoms with Crippen LogP contribution in [0.15, 0.2) is 12.4 Å². The van der Waals surface area contributed by atoms with E-state index in [1.54, 1.807) is 0 Å². The molecule has 0 radical (unpaired) electrons. The summed E-state index contributed by atoms with van der Waals surface area (Å²) in [5, 5.41) is 0. The van der Waals surface area contributed by atoms with Crippen LogP contribution in [0.3, 0.4) is 0 Å². The van der Waals surface area contributed by atoms with Crippen LogP contribution in [0.25, 0.3) is 0 Å². The lowest BCUT2D eigenvalue weighted by Crippen LogP contribution is -1.95. The molecule has 0 spiro atoms. The van der Waals surface area contributed by atoms with Gasteiger partial charge in [-0.15, -0.1) is 0 Å². The van der Waals surface area contributed by atoms with Gasteiger partial charge in [0.15, 0.2) is 0 Å². The third-order valence-electron chi connectivity index (χ3n) is 2.48. The molecule has 0 fully saturated rings. The van der Waals surface area contributed by atoms with Crippen molar-refractivity contribution >= 4 is 0 Å². The first kappa shape index (κ1) is 10.3. The minimum Gasteiger partial charge on any atom is -0.348 e. The number of nitrogens with zero attached hydrogens (tertiary/aromatic N) is 1. The van der Waals surface area contributed by atoms with Gasteiger partial charge >= 0.3 is 0 Å². The number of unbranched alkanes of at least 4 members (excludes halogenated alkanes) is 3. The molecule has 1 aromatic heterocycles. The quantitative estimate of drug-likeness (QED) is 0.667. The maximum atomic E-state index is 4.26. The molecule has 0 saturated heterocycles. The van der Waals surface area contributed by atoms with Crippen molar-refractivity contribution in [1.82, 2.24) is 9.97 Å². The molecule has 13 heavy (non-hydrogen) atoms. The molecule has 0 bridgehead atoms. The van der Waals surface area contributed by atoms with Gasteiger partial charge in [0.2, 0.25) is 0 Å². The van der Waals surface area contributed by atoms with Crippen molar-refractivity contribution in [2.24, 2.45) is 0 Å². The summed E-state index contributed by atoms with van der Waals surface area (Å²) in [5.74, 6) is 1.73. The highest BCUT2D eigenvalue weighted by atomic mass is 14.9. The zero-order valence-corrected chi connectivity index (χ0v) is 8.71. The van der Waals surface area contributed by atoms with E-state index in [-0.39, 0.29) is 0 Å². The van der Waals surface area contributed by atoms with Crippen molar-refractivity contribution in [3.63, 3.8) is 0 Å². The number of hydrogen-bond donors (Lipinski definition) is 1. The van der Waals surface area contributed by atoms with Gasteiger partial charge in [0, 0.05) is 18.3 Å². The molecule has 0 aromatic carbocycles. The summed E-state index contributed by atoms with van der Waals surface area (Å²) in [6.45, 7) is 4.49. The first-order valence-electron chi connectivity index (χ1n) is 5.34. The zero-order valence-electron chi connectivity index (χ0n) is 8.71. The number of rotatable bonds is 6. The zero-order chi connectivity index (χ0) is 9.52. The highest BCUT2D eigenvalue weighted by molar-refractivity contribution is 4.94. The highest BCUT2D eigenvalue weighted by Gasteiger charge is 2.06. The molecule has 74 valence electrons. The lowest BCUT2D eigenvalue weighted by molar-refractivity contribution is 0.565. The maximum Gasteiger partial charge on any atom is 0.108 e. The van der Waals surface area contributed by atoms with Crippen molar-refractivity contribution in [3.8, 4) is 0 Å². The van der Waals surface area contributed by atoms with Crippen LogP contribution in [0, 0.1) is 0 Å². The SMILES string of the molecule is CCCCCCC(C)c1ncc[nH]1. The van der Waals surface area contributed by atoms with E-state index in [1.165, 1.54) is 32.1 Å². The maximum absolute atomic E-state index is 4.26. The van der Waals surface area contributed by atoms with E-state index in [1.807, 2.05) is 12.4 Å². The van der Waals surface area contributed by atoms with Crippen molar-refractivity contribution < 1.29 is 0 Å². The van der Waals surface area contributed by atoms with Crippen LogP contribution in [0.1, 0.15) is 57.7 Å². The van der Waals surface area contributed by atoms with Crippen LogP contribution in [-0.4, -0.2) is 9.97 Å². The molecule has 1 N–H and O–H groups in total. The molecule has 0 aliphatic rings. The van der Waals surface area contributed by atoms with Gasteiger partial charge in [-0.1, -0.05) is 39.5 Å². The summed E-state index contributed by atoms with van der Waals surface area (Å²) in [4.78, 5) is 7.43. The van der Waals surface area contributed by atoms with Gasteiger partial charge in [0.05, 0.1) is 0 Å². The predicted octanol–water partition coefficient (Wildman–Crippen LogP) is 3.48. The van der Waals surface area contributed by atoms with E-state index in [2.05, 4.69) is 23.8 Å². The number of aromatic amines is 1. The van der Waals surface area contributed by atoms with E-state index >= 15 is 0 Å². The summed E-state index contributed by atoms with van der Waals surface area (Å²) in [6.07, 6.45) is 10.4. The second-order valence-electron chi connectivity index (χ2n) is 3.72. The molecule has 1 aromatic rings. The van der Waals surface area contributed by atoms with Crippen LogP contribution in [-0.2, 0) is 0 Å². The lowest BCUT2D eigenvalue weighted by Gasteiger charge is -2.07. The molecular formula is C11H20N2. The number of imidazole rings is 1. The number of nitrogens with one attached hydrogen (secondary N) is 1. The van der Waals surface area contributed by atoms with Gasteiger partial charge in [-0.2, -0.15) is 0 Å². The Morgan fingerprint density at radius 2 is 2.23 bits per heavy atom. The Kier molecular flexibility index (Phi) is 4.58. The normalized spacial score (nSPS) is 13.1. The van der Waals surface area contributed by atoms with Gasteiger partial charge in [-0.25, -0.2) is 4.98 Å². The Balaban J connectivity index is 2.15. The topological polar surface area (TPSA) is 28.7 Å². The minimum atomic E-state index is 0.590. The molecule has 2 nitrogen and oxygen atoms in total. The molecule has 0 saturated carbocycles. The van der Waals surface area contributed by atoms with Crippen molar-refractivity contribution in [2.45, 2.75) is 51.9 Å². The summed E-state index contributed by atoms with van der Waals surface area (Å²) in [5.41, 5.74) is 0. The Morgan fingerprint density at radius 3 is 2.85 bits per heavy atom. The molecule has 0 aliphatic heterocycles. The third-order valence-corrected chi connectivity index (χ3v) is 2.48. The lowest BCUT2D eigenvalue weighted by atomic mass is 10.0. The van der Waals surface area contributed by atoms with Crippen molar-refractivity contribution in [2.75, 3.05) is 0 Å². The molecular weight excluding hydrogens is 160 g/mol. The van der Waals surface area contributed by atoms with E-state index in [9.17, 15) is 0 Å². The fourth-order valence-electron chi connectivity index (χ4n) is 1.56. The van der Waals surface area contributed by atoms with Crippen LogP contribution in [0.4, 0.5) is 0 Å². The van der Waals surface area contributed by atoms with E-state index in [0.717, 1.165) is 5.82 Å². The third kappa shape index (κ3) is 3.62. The van der Waals surface area contributed by atoms with Gasteiger partial charge in [0.1, 0.15) is 5.82 Å². The average molecular weight is 180 g/mol. The predicted molar refractivity (Wildman–Crippen MR) is 55.8 cm³/mol. The average Bonchev–Trinajstić information content (AvgIpc) is 2.65. The summed E-state index contributed by atoms with van der Waals surface area (Å²) in [6, 6.07) is 0. The molecule has 2 heteroatoms. The van der Waals surface area contributed by atoms with Gasteiger partial charge < -0.3 is 4.98 Å². The highest BCUT2D eigenvalue weighted by Crippen LogP contribution is 2.18. The number of H-pyrrole nitrogens is 1. The van der Waals surface area contributed by atoms with Gasteiger partial charge in [0.25, 0.3) is 0 Å². The van der Waals surface area contributed by atoms with E-state index < -0.39 is 0 Å². The molecule has 1 heterocycles.